The number of hydrogen-bond donors (Lipinski definition) is 0. The number of nitrogens with zero attached hydrogens (tertiary/aromatic N) is 4. The van der Waals surface area contributed by atoms with Crippen molar-refractivity contribution in [1.29, 1.82) is 0 Å². The van der Waals surface area contributed by atoms with E-state index in [4.69, 9.17) is 0 Å². The molecule has 0 radical (unpaired) electrons. The minimum Gasteiger partial charge on any atom is -0.341 e. The molecule has 30 heavy (non-hydrogen) atoms. The van der Waals surface area contributed by atoms with Gasteiger partial charge in [0.15, 0.2) is 5.82 Å². The molecule has 5 rings (SSSR count). The van der Waals surface area contributed by atoms with Gasteiger partial charge in [0.1, 0.15) is 11.5 Å². The first-order valence-corrected chi connectivity index (χ1v) is 10.3. The molecular formula is C23H22F2N4O. The molecule has 0 bridgehead atoms. The Bertz CT molecular complexity index is 1310. The van der Waals surface area contributed by atoms with Crippen molar-refractivity contribution in [2.45, 2.75) is 52.6 Å². The van der Waals surface area contributed by atoms with Crippen LogP contribution >= 0.6 is 0 Å². The lowest BCUT2D eigenvalue weighted by Gasteiger charge is -2.17. The predicted octanol–water partition coefficient (Wildman–Crippen LogP) is 5.00. The Labute approximate surface area is 172 Å². The summed E-state index contributed by atoms with van der Waals surface area (Å²) in [6.45, 7) is 6.03. The van der Waals surface area contributed by atoms with Gasteiger partial charge in [-0.2, -0.15) is 5.10 Å². The van der Waals surface area contributed by atoms with Crippen molar-refractivity contribution < 1.29 is 8.78 Å². The zero-order valence-electron chi connectivity index (χ0n) is 17.2. The summed E-state index contributed by atoms with van der Waals surface area (Å²) in [4.78, 5) is 17.1. The molecule has 0 N–H and O–H groups in total. The van der Waals surface area contributed by atoms with Crippen molar-refractivity contribution in [2.75, 3.05) is 0 Å². The van der Waals surface area contributed by atoms with Gasteiger partial charge in [0.2, 0.25) is 0 Å². The highest BCUT2D eigenvalue weighted by molar-refractivity contribution is 5.97. The molecule has 1 aliphatic carbocycles. The van der Waals surface area contributed by atoms with Gasteiger partial charge >= 0.3 is 0 Å². The van der Waals surface area contributed by atoms with Crippen molar-refractivity contribution in [3.05, 3.63) is 57.8 Å². The molecule has 7 heteroatoms. The number of rotatable bonds is 4. The van der Waals surface area contributed by atoms with Crippen molar-refractivity contribution in [2.24, 2.45) is 0 Å². The Morgan fingerprint density at radius 3 is 2.47 bits per heavy atom. The zero-order valence-corrected chi connectivity index (χ0v) is 17.2. The van der Waals surface area contributed by atoms with E-state index in [2.05, 4.69) is 10.1 Å². The Morgan fingerprint density at radius 2 is 1.83 bits per heavy atom. The number of aryl methyl sites for hydroxylation is 3. The molecule has 0 saturated heterocycles. The average Bonchev–Trinajstić information content (AvgIpc) is 3.47. The first kappa shape index (κ1) is 18.9. The summed E-state index contributed by atoms with van der Waals surface area (Å²) in [5, 5.41) is 4.75. The summed E-state index contributed by atoms with van der Waals surface area (Å²) in [6.07, 6.45) is 4.26. The third kappa shape index (κ3) is 2.83. The van der Waals surface area contributed by atoms with E-state index in [0.29, 0.717) is 45.7 Å². The molecule has 3 aliphatic rings. The summed E-state index contributed by atoms with van der Waals surface area (Å²) < 4.78 is 34.4. The zero-order chi connectivity index (χ0) is 21.2. The summed E-state index contributed by atoms with van der Waals surface area (Å²) in [5.41, 5.74) is 2.63. The highest BCUT2D eigenvalue weighted by atomic mass is 19.1. The van der Waals surface area contributed by atoms with Crippen LogP contribution in [0.2, 0.25) is 0 Å². The molecular weight excluding hydrogens is 386 g/mol. The number of halogens is 2. The standard InChI is InChI=1S/C23H22F2N4O/c1-4-7-29-23(30)17-11-28(15-5-6-15)22-16(21(17)27-29)10-18(24)19(20(22)25)14-8-12(2)26-13(3)9-14/h8-11,15H,4-7H2,1-3H3. The normalized spacial score (nSPS) is 14.2. The topological polar surface area (TPSA) is 52.7 Å². The molecule has 0 amide bonds. The van der Waals surface area contributed by atoms with Gasteiger partial charge in [-0.1, -0.05) is 6.92 Å². The van der Waals surface area contributed by atoms with Gasteiger partial charge in [0, 0.05) is 35.6 Å². The summed E-state index contributed by atoms with van der Waals surface area (Å²) >= 11 is 0. The lowest BCUT2D eigenvalue weighted by atomic mass is 9.99. The predicted molar refractivity (Wildman–Crippen MR) is 112 cm³/mol. The second-order valence-corrected chi connectivity index (χ2v) is 8.14. The maximum Gasteiger partial charge on any atom is 0.277 e. The SMILES string of the molecule is CCCn1nc2c3cc(F)c(-c4cc(C)nc(C)c4)c(F)c3n(C3CC3)cc-2c1=O. The Kier molecular flexibility index (Phi) is 4.24. The number of hydrogen-bond acceptors (Lipinski definition) is 3. The number of aromatic nitrogens is 4. The van der Waals surface area contributed by atoms with Crippen LogP contribution in [0.4, 0.5) is 8.78 Å². The van der Waals surface area contributed by atoms with Gasteiger partial charge in [0.25, 0.3) is 5.56 Å². The molecule has 0 atom stereocenters. The van der Waals surface area contributed by atoms with Gasteiger partial charge in [-0.3, -0.25) is 9.78 Å². The van der Waals surface area contributed by atoms with Gasteiger partial charge in [-0.15, -0.1) is 0 Å². The Morgan fingerprint density at radius 1 is 1.13 bits per heavy atom. The highest BCUT2D eigenvalue weighted by Crippen LogP contribution is 2.43. The van der Waals surface area contributed by atoms with Crippen LogP contribution in [0.25, 0.3) is 33.3 Å². The second-order valence-electron chi connectivity index (χ2n) is 8.14. The maximum absolute atomic E-state index is 15.9. The van der Waals surface area contributed by atoms with E-state index in [1.54, 1.807) is 36.7 Å². The largest absolute Gasteiger partial charge is 0.341 e. The summed E-state index contributed by atoms with van der Waals surface area (Å²) in [5.74, 6) is -1.29. The van der Waals surface area contributed by atoms with Gasteiger partial charge < -0.3 is 4.57 Å². The molecule has 1 aromatic heterocycles. The van der Waals surface area contributed by atoms with Crippen LogP contribution in [0.5, 0.6) is 0 Å². The van der Waals surface area contributed by atoms with Crippen LogP contribution in [0, 0.1) is 25.5 Å². The fraction of sp³-hybridized carbons (Fsp3) is 0.348. The molecule has 0 spiro atoms. The third-order valence-corrected chi connectivity index (χ3v) is 5.66. The van der Waals surface area contributed by atoms with Crippen LogP contribution in [0.1, 0.15) is 43.6 Å². The second kappa shape index (κ2) is 6.72. The molecule has 3 heterocycles. The Balaban J connectivity index is 1.89. The fourth-order valence-electron chi connectivity index (χ4n) is 4.27. The molecule has 2 aromatic rings. The van der Waals surface area contributed by atoms with Gasteiger partial charge in [0.05, 0.1) is 16.6 Å². The number of benzene rings is 1. The molecule has 1 fully saturated rings. The van der Waals surface area contributed by atoms with E-state index >= 15 is 8.78 Å². The monoisotopic (exact) mass is 408 g/mol. The summed E-state index contributed by atoms with van der Waals surface area (Å²) in [6, 6.07) is 4.81. The average molecular weight is 408 g/mol. The van der Waals surface area contributed by atoms with Crippen LogP contribution in [0.15, 0.2) is 29.2 Å². The number of fused-ring (bicyclic) bond motifs is 3. The van der Waals surface area contributed by atoms with Gasteiger partial charge in [-0.25, -0.2) is 13.5 Å². The maximum atomic E-state index is 15.9. The highest BCUT2D eigenvalue weighted by Gasteiger charge is 2.31. The van der Waals surface area contributed by atoms with E-state index in [9.17, 15) is 4.79 Å². The van der Waals surface area contributed by atoms with E-state index in [1.165, 1.54) is 10.7 Å². The smallest absolute Gasteiger partial charge is 0.277 e. The molecule has 5 nitrogen and oxygen atoms in total. The first-order valence-electron chi connectivity index (χ1n) is 10.3. The lowest BCUT2D eigenvalue weighted by molar-refractivity contribution is 0.587. The van der Waals surface area contributed by atoms with Crippen LogP contribution < -0.4 is 5.56 Å². The molecule has 2 aliphatic heterocycles. The van der Waals surface area contributed by atoms with Crippen LogP contribution in [-0.2, 0) is 6.54 Å². The molecule has 1 aromatic carbocycles. The van der Waals surface area contributed by atoms with E-state index < -0.39 is 11.6 Å². The van der Waals surface area contributed by atoms with Crippen molar-refractivity contribution in [3.8, 4) is 22.4 Å². The fourth-order valence-corrected chi connectivity index (χ4v) is 4.27. The first-order chi connectivity index (χ1) is 14.4. The third-order valence-electron chi connectivity index (χ3n) is 5.66. The molecule has 1 saturated carbocycles. The van der Waals surface area contributed by atoms with Crippen LogP contribution in [0.3, 0.4) is 0 Å². The van der Waals surface area contributed by atoms with Crippen LogP contribution in [-0.4, -0.2) is 19.3 Å². The number of pyridine rings is 2. The van der Waals surface area contributed by atoms with Crippen molar-refractivity contribution >= 4 is 10.9 Å². The van der Waals surface area contributed by atoms with E-state index in [0.717, 1.165) is 19.3 Å². The lowest BCUT2D eigenvalue weighted by Crippen LogP contribution is -2.16. The minimum absolute atomic E-state index is 0.0693. The van der Waals surface area contributed by atoms with Crippen molar-refractivity contribution in [1.82, 2.24) is 19.3 Å². The quantitative estimate of drug-likeness (QED) is 0.477. The Hall–Kier alpha value is -3.09. The van der Waals surface area contributed by atoms with Crippen molar-refractivity contribution in [3.63, 3.8) is 0 Å². The molecule has 154 valence electrons. The van der Waals surface area contributed by atoms with Gasteiger partial charge in [-0.05, 0) is 56.9 Å². The summed E-state index contributed by atoms with van der Waals surface area (Å²) in [7, 11) is 0. The minimum atomic E-state index is -0.669. The molecule has 0 unspecified atom stereocenters. The van der Waals surface area contributed by atoms with E-state index in [-0.39, 0.29) is 17.2 Å². The van der Waals surface area contributed by atoms with E-state index in [1.807, 2.05) is 6.92 Å².